The lowest BCUT2D eigenvalue weighted by atomic mass is 10.00. The Labute approximate surface area is 136 Å². The molecule has 3 nitrogen and oxygen atoms in total. The second kappa shape index (κ2) is 15.1. The molecular weight excluding hydrogens is 276 g/mol. The first-order valence-corrected chi connectivity index (χ1v) is 9.35. The average molecular weight is 312 g/mol. The van der Waals surface area contributed by atoms with Crippen LogP contribution in [0.3, 0.4) is 0 Å². The largest absolute Gasteiger partial charge is 0.481 e. The van der Waals surface area contributed by atoms with E-state index in [1.807, 2.05) is 0 Å². The second-order valence-electron chi connectivity index (χ2n) is 6.52. The highest BCUT2D eigenvalue weighted by Gasteiger charge is 2.19. The summed E-state index contributed by atoms with van der Waals surface area (Å²) < 4.78 is 0. The summed E-state index contributed by atoms with van der Waals surface area (Å²) in [6.45, 7) is 3.73. The van der Waals surface area contributed by atoms with Crippen LogP contribution in [0, 0.1) is 5.92 Å². The van der Waals surface area contributed by atoms with E-state index in [9.17, 15) is 9.59 Å². The summed E-state index contributed by atoms with van der Waals surface area (Å²) in [4.78, 5) is 22.2. The summed E-state index contributed by atoms with van der Waals surface area (Å²) in [7, 11) is 0. The standard InChI is InChI=1S/C19H36O3/c1-3-4-5-6-7-8-9-10-11-12-13-14-15-16-18(20)17(2)19(21)22/h17H,3-16H2,1-2H3,(H,21,22)/t17-/m0/s1. The SMILES string of the molecule is CCCCCCCCCCCCCCCC(=O)[C@H](C)C(=O)O. The van der Waals surface area contributed by atoms with Crippen LogP contribution in [0.5, 0.6) is 0 Å². The molecule has 22 heavy (non-hydrogen) atoms. The monoisotopic (exact) mass is 312 g/mol. The third-order valence-corrected chi connectivity index (χ3v) is 4.38. The van der Waals surface area contributed by atoms with Crippen LogP contribution >= 0.6 is 0 Å². The molecule has 0 fully saturated rings. The quantitative estimate of drug-likeness (QED) is 0.291. The van der Waals surface area contributed by atoms with Crippen molar-refractivity contribution in [2.45, 2.75) is 104 Å². The summed E-state index contributed by atoms with van der Waals surface area (Å²) in [6.07, 6.45) is 17.0. The van der Waals surface area contributed by atoms with E-state index in [0.29, 0.717) is 6.42 Å². The summed E-state index contributed by atoms with van der Waals surface area (Å²) >= 11 is 0. The Hall–Kier alpha value is -0.860. The van der Waals surface area contributed by atoms with Gasteiger partial charge in [-0.15, -0.1) is 0 Å². The molecule has 1 atom stereocenters. The number of hydrogen-bond acceptors (Lipinski definition) is 2. The van der Waals surface area contributed by atoms with Gasteiger partial charge in [0, 0.05) is 6.42 Å². The van der Waals surface area contributed by atoms with E-state index in [-0.39, 0.29) is 5.78 Å². The minimum absolute atomic E-state index is 0.129. The highest BCUT2D eigenvalue weighted by molar-refractivity contribution is 5.97. The van der Waals surface area contributed by atoms with Gasteiger partial charge in [0.1, 0.15) is 11.7 Å². The molecule has 0 aromatic heterocycles. The minimum atomic E-state index is -1.00. The van der Waals surface area contributed by atoms with Gasteiger partial charge in [-0.05, 0) is 13.3 Å². The maximum Gasteiger partial charge on any atom is 0.313 e. The molecule has 1 N–H and O–H groups in total. The zero-order valence-corrected chi connectivity index (χ0v) is 14.7. The van der Waals surface area contributed by atoms with E-state index in [4.69, 9.17) is 5.11 Å². The molecule has 130 valence electrons. The molecule has 0 heterocycles. The molecule has 0 amide bonds. The Kier molecular flexibility index (Phi) is 14.5. The zero-order chi connectivity index (χ0) is 16.6. The molecular formula is C19H36O3. The summed E-state index contributed by atoms with van der Waals surface area (Å²) in [5, 5.41) is 8.74. The van der Waals surface area contributed by atoms with Crippen molar-refractivity contribution in [3.8, 4) is 0 Å². The van der Waals surface area contributed by atoms with Crippen molar-refractivity contribution in [3.63, 3.8) is 0 Å². The van der Waals surface area contributed by atoms with Crippen LogP contribution in [-0.2, 0) is 9.59 Å². The van der Waals surface area contributed by atoms with E-state index >= 15 is 0 Å². The van der Waals surface area contributed by atoms with Gasteiger partial charge < -0.3 is 5.11 Å². The Morgan fingerprint density at radius 2 is 1.09 bits per heavy atom. The average Bonchev–Trinajstić information content (AvgIpc) is 2.50. The van der Waals surface area contributed by atoms with Crippen LogP contribution in [-0.4, -0.2) is 16.9 Å². The van der Waals surface area contributed by atoms with Crippen molar-refractivity contribution >= 4 is 11.8 Å². The fraction of sp³-hybridized carbons (Fsp3) is 0.895. The number of carboxylic acids is 1. The number of carboxylic acid groups (broad SMARTS) is 1. The number of carbonyl (C=O) groups is 2. The van der Waals surface area contributed by atoms with Crippen LogP contribution in [0.1, 0.15) is 104 Å². The first kappa shape index (κ1) is 21.1. The van der Waals surface area contributed by atoms with E-state index in [2.05, 4.69) is 6.92 Å². The molecule has 0 saturated heterocycles. The molecule has 0 aliphatic heterocycles. The van der Waals surface area contributed by atoms with Crippen molar-refractivity contribution in [1.29, 1.82) is 0 Å². The number of Topliss-reactive ketones (excluding diaryl/α,β-unsaturated/α-hetero) is 1. The highest BCUT2D eigenvalue weighted by atomic mass is 16.4. The molecule has 0 aliphatic rings. The van der Waals surface area contributed by atoms with E-state index < -0.39 is 11.9 Å². The molecule has 0 aromatic rings. The van der Waals surface area contributed by atoms with Crippen LogP contribution in [0.25, 0.3) is 0 Å². The van der Waals surface area contributed by atoms with Gasteiger partial charge in [-0.1, -0.05) is 84.0 Å². The van der Waals surface area contributed by atoms with E-state index in [1.165, 1.54) is 77.6 Å². The fourth-order valence-electron chi connectivity index (χ4n) is 2.67. The molecule has 0 rings (SSSR count). The molecule has 0 spiro atoms. The van der Waals surface area contributed by atoms with Gasteiger partial charge in [0.25, 0.3) is 0 Å². The topological polar surface area (TPSA) is 54.4 Å². The normalized spacial score (nSPS) is 12.3. The van der Waals surface area contributed by atoms with E-state index in [0.717, 1.165) is 12.8 Å². The molecule has 3 heteroatoms. The predicted molar refractivity (Wildman–Crippen MR) is 92.1 cm³/mol. The third kappa shape index (κ3) is 12.8. The lowest BCUT2D eigenvalue weighted by Gasteiger charge is -2.05. The molecule has 0 bridgehead atoms. The van der Waals surface area contributed by atoms with Crippen molar-refractivity contribution in [2.24, 2.45) is 5.92 Å². The Balaban J connectivity index is 3.21. The number of aliphatic carboxylic acids is 1. The Morgan fingerprint density at radius 1 is 0.727 bits per heavy atom. The van der Waals surface area contributed by atoms with Crippen LogP contribution < -0.4 is 0 Å². The van der Waals surface area contributed by atoms with Gasteiger partial charge in [0.05, 0.1) is 0 Å². The number of unbranched alkanes of at least 4 members (excludes halogenated alkanes) is 12. The Bertz CT molecular complexity index is 286. The second-order valence-corrected chi connectivity index (χ2v) is 6.52. The molecule has 0 unspecified atom stereocenters. The van der Waals surface area contributed by atoms with Crippen molar-refractivity contribution in [2.75, 3.05) is 0 Å². The number of rotatable bonds is 16. The van der Waals surface area contributed by atoms with Crippen molar-refractivity contribution in [3.05, 3.63) is 0 Å². The first-order valence-electron chi connectivity index (χ1n) is 9.35. The van der Waals surface area contributed by atoms with Gasteiger partial charge in [-0.3, -0.25) is 9.59 Å². The van der Waals surface area contributed by atoms with Gasteiger partial charge >= 0.3 is 5.97 Å². The first-order chi connectivity index (χ1) is 10.6. The third-order valence-electron chi connectivity index (χ3n) is 4.38. The predicted octanol–water partition coefficient (Wildman–Crippen LogP) is 5.76. The van der Waals surface area contributed by atoms with Crippen LogP contribution in [0.4, 0.5) is 0 Å². The number of ketones is 1. The van der Waals surface area contributed by atoms with Gasteiger partial charge in [-0.2, -0.15) is 0 Å². The Morgan fingerprint density at radius 3 is 1.45 bits per heavy atom. The summed E-state index contributed by atoms with van der Waals surface area (Å²) in [6, 6.07) is 0. The summed E-state index contributed by atoms with van der Waals surface area (Å²) in [5.41, 5.74) is 0. The highest BCUT2D eigenvalue weighted by Crippen LogP contribution is 2.13. The lowest BCUT2D eigenvalue weighted by Crippen LogP contribution is -2.20. The molecule has 0 saturated carbocycles. The molecule has 0 aromatic carbocycles. The number of carbonyl (C=O) groups excluding carboxylic acids is 1. The van der Waals surface area contributed by atoms with Crippen molar-refractivity contribution < 1.29 is 14.7 Å². The fourth-order valence-corrected chi connectivity index (χ4v) is 2.67. The van der Waals surface area contributed by atoms with Crippen LogP contribution in [0.15, 0.2) is 0 Å². The maximum atomic E-state index is 11.5. The van der Waals surface area contributed by atoms with Crippen LogP contribution in [0.2, 0.25) is 0 Å². The van der Waals surface area contributed by atoms with Gasteiger partial charge in [0.15, 0.2) is 0 Å². The summed E-state index contributed by atoms with van der Waals surface area (Å²) in [5.74, 6) is -1.97. The lowest BCUT2D eigenvalue weighted by molar-refractivity contribution is -0.145. The zero-order valence-electron chi connectivity index (χ0n) is 14.7. The van der Waals surface area contributed by atoms with E-state index in [1.54, 1.807) is 0 Å². The van der Waals surface area contributed by atoms with Gasteiger partial charge in [-0.25, -0.2) is 0 Å². The molecule has 0 radical (unpaired) electrons. The minimum Gasteiger partial charge on any atom is -0.481 e. The van der Waals surface area contributed by atoms with Crippen molar-refractivity contribution in [1.82, 2.24) is 0 Å². The molecule has 0 aliphatic carbocycles. The maximum absolute atomic E-state index is 11.5. The van der Waals surface area contributed by atoms with Gasteiger partial charge in [0.2, 0.25) is 0 Å². The smallest absolute Gasteiger partial charge is 0.313 e. The number of hydrogen-bond donors (Lipinski definition) is 1.